The van der Waals surface area contributed by atoms with Gasteiger partial charge in [0.15, 0.2) is 5.71 Å². The molecule has 0 saturated heterocycles. The molecule has 1 aliphatic rings. The number of aromatic amines is 1. The fourth-order valence-corrected chi connectivity index (χ4v) is 3.90. The highest BCUT2D eigenvalue weighted by molar-refractivity contribution is 6.53. The molecular formula is C24H29FN6O4. The number of carbonyl (C=O) groups is 3. The molecule has 5 N–H and O–H groups in total. The van der Waals surface area contributed by atoms with Crippen LogP contribution in [0.25, 0.3) is 0 Å². The smallest absolute Gasteiger partial charge is 0.276 e. The maximum absolute atomic E-state index is 13.5. The predicted octanol–water partition coefficient (Wildman–Crippen LogP) is 3.12. The van der Waals surface area contributed by atoms with Gasteiger partial charge in [0.05, 0.1) is 23.2 Å². The molecular weight excluding hydrogens is 455 g/mol. The number of hydroxylamine groups is 1. The molecule has 1 aromatic heterocycles. The summed E-state index contributed by atoms with van der Waals surface area (Å²) in [6.45, 7) is 4.11. The second-order valence-corrected chi connectivity index (χ2v) is 8.31. The lowest BCUT2D eigenvalue weighted by Gasteiger charge is -2.06. The predicted molar refractivity (Wildman–Crippen MR) is 129 cm³/mol. The highest BCUT2D eigenvalue weighted by atomic mass is 19.1. The molecule has 0 unspecified atom stereocenters. The summed E-state index contributed by atoms with van der Waals surface area (Å²) in [6.07, 6.45) is 6.00. The molecule has 0 radical (unpaired) electrons. The molecule has 1 aromatic carbocycles. The van der Waals surface area contributed by atoms with Crippen LogP contribution < -0.4 is 16.1 Å². The van der Waals surface area contributed by atoms with Crippen LogP contribution in [-0.2, 0) is 9.59 Å². The summed E-state index contributed by atoms with van der Waals surface area (Å²) in [7, 11) is 0. The van der Waals surface area contributed by atoms with Gasteiger partial charge in [-0.25, -0.2) is 9.87 Å². The highest BCUT2D eigenvalue weighted by Crippen LogP contribution is 2.24. The van der Waals surface area contributed by atoms with E-state index in [1.807, 2.05) is 0 Å². The molecule has 35 heavy (non-hydrogen) atoms. The largest absolute Gasteiger partial charge is 0.357 e. The molecule has 186 valence electrons. The minimum atomic E-state index is -0.476. The molecule has 10 nitrogen and oxygen atoms in total. The third-order valence-electron chi connectivity index (χ3n) is 5.74. The standard InChI is InChI=1S/C24H29FN6O4/c1-14-19(13-27-30-22-17-12-16(25)9-10-18(17)29-24(22)34)28-15(2)21(14)23(33)26-11-7-5-3-4-6-8-20(32)31-35/h9-10,12-13,28,35H,3-8,11H2,1-2H3,(H,26,33)(H,31,32)(H,29,30,34). The quantitative estimate of drug-likeness (QED) is 0.144. The molecule has 3 amide bonds. The summed E-state index contributed by atoms with van der Waals surface area (Å²) in [6, 6.07) is 3.95. The Morgan fingerprint density at radius 1 is 1.14 bits per heavy atom. The molecule has 3 rings (SSSR count). The van der Waals surface area contributed by atoms with Crippen LogP contribution in [0, 0.1) is 19.7 Å². The van der Waals surface area contributed by atoms with Crippen molar-refractivity contribution in [2.24, 2.45) is 10.2 Å². The first kappa shape index (κ1) is 25.8. The number of nitrogens with one attached hydrogen (secondary N) is 4. The van der Waals surface area contributed by atoms with Crippen LogP contribution in [0.15, 0.2) is 28.4 Å². The fourth-order valence-electron chi connectivity index (χ4n) is 3.90. The topological polar surface area (TPSA) is 148 Å². The van der Waals surface area contributed by atoms with Gasteiger partial charge >= 0.3 is 0 Å². The number of halogens is 1. The third-order valence-corrected chi connectivity index (χ3v) is 5.74. The van der Waals surface area contributed by atoms with Gasteiger partial charge in [0.1, 0.15) is 5.82 Å². The Kier molecular flexibility index (Phi) is 8.85. The van der Waals surface area contributed by atoms with Crippen LogP contribution in [0.2, 0.25) is 0 Å². The maximum atomic E-state index is 13.5. The van der Waals surface area contributed by atoms with Crippen molar-refractivity contribution < 1.29 is 24.0 Å². The van der Waals surface area contributed by atoms with E-state index in [9.17, 15) is 18.8 Å². The minimum Gasteiger partial charge on any atom is -0.357 e. The zero-order valence-electron chi connectivity index (χ0n) is 19.7. The monoisotopic (exact) mass is 484 g/mol. The second kappa shape index (κ2) is 12.0. The Morgan fingerprint density at radius 2 is 1.89 bits per heavy atom. The number of rotatable bonds is 11. The summed E-state index contributed by atoms with van der Waals surface area (Å²) in [5, 5.41) is 21.9. The van der Waals surface area contributed by atoms with Crippen molar-refractivity contribution in [3.63, 3.8) is 0 Å². The molecule has 0 aliphatic carbocycles. The van der Waals surface area contributed by atoms with Gasteiger partial charge in [-0.3, -0.25) is 19.6 Å². The van der Waals surface area contributed by atoms with Crippen LogP contribution in [0.1, 0.15) is 71.4 Å². The molecule has 0 fully saturated rings. The molecule has 11 heteroatoms. The van der Waals surface area contributed by atoms with Crippen molar-refractivity contribution in [2.45, 2.75) is 52.4 Å². The number of aryl methyl sites for hydroxylation is 1. The van der Waals surface area contributed by atoms with E-state index in [1.165, 1.54) is 24.4 Å². The summed E-state index contributed by atoms with van der Waals surface area (Å²) in [5.74, 6) is -1.51. The fraction of sp³-hybridized carbons (Fsp3) is 0.375. The number of anilines is 1. The van der Waals surface area contributed by atoms with E-state index in [0.717, 1.165) is 25.7 Å². The zero-order chi connectivity index (χ0) is 25.4. The minimum absolute atomic E-state index is 0.0197. The first-order chi connectivity index (χ1) is 16.8. The Labute approximate surface area is 202 Å². The first-order valence-corrected chi connectivity index (χ1v) is 11.4. The Morgan fingerprint density at radius 3 is 2.66 bits per heavy atom. The lowest BCUT2D eigenvalue weighted by Crippen LogP contribution is -2.25. The number of benzene rings is 1. The number of unbranched alkanes of at least 4 members (excludes halogenated alkanes) is 4. The zero-order valence-corrected chi connectivity index (χ0v) is 19.7. The number of fused-ring (bicyclic) bond motifs is 1. The molecule has 0 spiro atoms. The van der Waals surface area contributed by atoms with E-state index in [0.29, 0.717) is 53.2 Å². The van der Waals surface area contributed by atoms with E-state index >= 15 is 0 Å². The van der Waals surface area contributed by atoms with Crippen LogP contribution >= 0.6 is 0 Å². The van der Waals surface area contributed by atoms with Gasteiger partial charge in [-0.05, 0) is 50.5 Å². The van der Waals surface area contributed by atoms with Crippen LogP contribution in [0.4, 0.5) is 10.1 Å². The van der Waals surface area contributed by atoms with Crippen LogP contribution in [0.5, 0.6) is 0 Å². The van der Waals surface area contributed by atoms with Gasteiger partial charge in [0.25, 0.3) is 11.8 Å². The lowest BCUT2D eigenvalue weighted by molar-refractivity contribution is -0.129. The lowest BCUT2D eigenvalue weighted by atomic mass is 10.1. The van der Waals surface area contributed by atoms with Gasteiger partial charge in [0, 0.05) is 24.2 Å². The van der Waals surface area contributed by atoms with Crippen molar-refractivity contribution in [3.8, 4) is 0 Å². The Hall–Kier alpha value is -3.86. The average molecular weight is 485 g/mol. The summed E-state index contributed by atoms with van der Waals surface area (Å²) in [4.78, 5) is 38.8. The summed E-state index contributed by atoms with van der Waals surface area (Å²) < 4.78 is 13.5. The van der Waals surface area contributed by atoms with Crippen molar-refractivity contribution in [1.29, 1.82) is 0 Å². The summed E-state index contributed by atoms with van der Waals surface area (Å²) in [5.41, 5.74) is 4.96. The van der Waals surface area contributed by atoms with Gasteiger partial charge in [0.2, 0.25) is 5.91 Å². The second-order valence-electron chi connectivity index (χ2n) is 8.31. The number of amides is 3. The number of hydrogen-bond acceptors (Lipinski definition) is 6. The van der Waals surface area contributed by atoms with Crippen LogP contribution in [-0.4, -0.2) is 46.4 Å². The van der Waals surface area contributed by atoms with E-state index in [2.05, 4.69) is 25.8 Å². The third kappa shape index (κ3) is 6.60. The van der Waals surface area contributed by atoms with Crippen molar-refractivity contribution in [1.82, 2.24) is 15.8 Å². The normalized spacial score (nSPS) is 13.8. The maximum Gasteiger partial charge on any atom is 0.276 e. The Balaban J connectivity index is 1.53. The molecule has 0 bridgehead atoms. The van der Waals surface area contributed by atoms with E-state index in [1.54, 1.807) is 19.3 Å². The Bertz CT molecular complexity index is 1170. The van der Waals surface area contributed by atoms with E-state index < -0.39 is 11.7 Å². The van der Waals surface area contributed by atoms with Crippen molar-refractivity contribution in [3.05, 3.63) is 52.1 Å². The van der Waals surface area contributed by atoms with Crippen molar-refractivity contribution >= 4 is 35.3 Å². The average Bonchev–Trinajstić information content (AvgIpc) is 3.29. The molecule has 2 heterocycles. The first-order valence-electron chi connectivity index (χ1n) is 11.4. The summed E-state index contributed by atoms with van der Waals surface area (Å²) >= 11 is 0. The van der Waals surface area contributed by atoms with Crippen LogP contribution in [0.3, 0.4) is 0 Å². The SMILES string of the molecule is Cc1[nH]c(C=NN=C2C(=O)Nc3ccc(F)cc32)c(C)c1C(=O)NCCCCCCCC(=O)NO. The van der Waals surface area contributed by atoms with Gasteiger partial charge in [-0.15, -0.1) is 5.10 Å². The number of H-pyrrole nitrogens is 1. The molecule has 0 saturated carbocycles. The molecule has 2 aromatic rings. The highest BCUT2D eigenvalue weighted by Gasteiger charge is 2.26. The number of hydrogen-bond donors (Lipinski definition) is 5. The number of aromatic nitrogens is 1. The molecule has 1 aliphatic heterocycles. The number of carbonyl (C=O) groups excluding carboxylic acids is 3. The van der Waals surface area contributed by atoms with E-state index in [-0.39, 0.29) is 17.5 Å². The molecule has 0 atom stereocenters. The van der Waals surface area contributed by atoms with E-state index in [4.69, 9.17) is 5.21 Å². The van der Waals surface area contributed by atoms with Gasteiger partial charge < -0.3 is 15.6 Å². The number of nitrogens with zero attached hydrogens (tertiary/aromatic N) is 2. The van der Waals surface area contributed by atoms with Crippen molar-refractivity contribution in [2.75, 3.05) is 11.9 Å². The van der Waals surface area contributed by atoms with Gasteiger partial charge in [-0.1, -0.05) is 19.3 Å². The van der Waals surface area contributed by atoms with Gasteiger partial charge in [-0.2, -0.15) is 5.10 Å².